The number of nitrogens with one attached hydrogen (secondary N) is 1. The number of anilines is 1. The van der Waals surface area contributed by atoms with E-state index in [2.05, 4.69) is 34.0 Å². The lowest BCUT2D eigenvalue weighted by Gasteiger charge is -2.18. The summed E-state index contributed by atoms with van der Waals surface area (Å²) in [5.41, 5.74) is 2.12. The monoisotopic (exact) mass is 339 g/mol. The van der Waals surface area contributed by atoms with Crippen molar-refractivity contribution in [1.29, 1.82) is 0 Å². The van der Waals surface area contributed by atoms with E-state index >= 15 is 0 Å². The van der Waals surface area contributed by atoms with Gasteiger partial charge in [-0.1, -0.05) is 36.4 Å². The number of hydrogen-bond acceptors (Lipinski definition) is 2. The van der Waals surface area contributed by atoms with Crippen LogP contribution in [-0.2, 0) is 0 Å². The Labute approximate surface area is 115 Å². The van der Waals surface area contributed by atoms with E-state index in [-0.39, 0.29) is 12.6 Å². The maximum absolute atomic E-state index is 9.45. The first-order valence-electron chi connectivity index (χ1n) is 5.47. The van der Waals surface area contributed by atoms with Crippen LogP contribution in [0.2, 0.25) is 0 Å². The molecule has 0 aliphatic rings. The van der Waals surface area contributed by atoms with Gasteiger partial charge in [-0.15, -0.1) is 0 Å². The first-order valence-corrected chi connectivity index (χ1v) is 6.55. The molecule has 1 atom stereocenters. The summed E-state index contributed by atoms with van der Waals surface area (Å²) >= 11 is 2.28. The van der Waals surface area contributed by atoms with Crippen molar-refractivity contribution in [3.8, 4) is 0 Å². The van der Waals surface area contributed by atoms with E-state index in [1.165, 1.54) is 3.57 Å². The number of hydrogen-bond donors (Lipinski definition) is 2. The summed E-state index contributed by atoms with van der Waals surface area (Å²) < 4.78 is 1.18. The van der Waals surface area contributed by atoms with Crippen molar-refractivity contribution in [2.24, 2.45) is 0 Å². The highest BCUT2D eigenvalue weighted by Gasteiger charge is 2.09. The molecule has 0 spiro atoms. The van der Waals surface area contributed by atoms with Gasteiger partial charge in [0, 0.05) is 9.26 Å². The molecule has 0 radical (unpaired) electrons. The van der Waals surface area contributed by atoms with Crippen LogP contribution in [0.15, 0.2) is 54.6 Å². The van der Waals surface area contributed by atoms with E-state index in [0.29, 0.717) is 0 Å². The fourth-order valence-corrected chi connectivity index (χ4v) is 2.24. The predicted octanol–water partition coefficient (Wildman–Crippen LogP) is 3.44. The average molecular weight is 339 g/mol. The van der Waals surface area contributed by atoms with Crippen molar-refractivity contribution >= 4 is 28.3 Å². The topological polar surface area (TPSA) is 32.3 Å². The summed E-state index contributed by atoms with van der Waals surface area (Å²) in [7, 11) is 0. The van der Waals surface area contributed by atoms with E-state index in [9.17, 15) is 5.11 Å². The molecule has 0 aromatic heterocycles. The summed E-state index contributed by atoms with van der Waals surface area (Å²) in [6.45, 7) is 0.0789. The van der Waals surface area contributed by atoms with E-state index in [0.717, 1.165) is 11.3 Å². The normalized spacial score (nSPS) is 12.1. The van der Waals surface area contributed by atoms with Crippen molar-refractivity contribution in [1.82, 2.24) is 0 Å². The minimum Gasteiger partial charge on any atom is -0.394 e. The van der Waals surface area contributed by atoms with E-state index in [1.54, 1.807) is 0 Å². The molecule has 0 heterocycles. The van der Waals surface area contributed by atoms with E-state index < -0.39 is 0 Å². The van der Waals surface area contributed by atoms with Gasteiger partial charge in [-0.05, 0) is 46.4 Å². The highest BCUT2D eigenvalue weighted by atomic mass is 127. The Hall–Kier alpha value is -1.07. The molecule has 0 saturated heterocycles. The van der Waals surface area contributed by atoms with Crippen LogP contribution in [0.4, 0.5) is 5.69 Å². The number of rotatable bonds is 4. The third kappa shape index (κ3) is 3.44. The lowest BCUT2D eigenvalue weighted by molar-refractivity contribution is 0.276. The lowest BCUT2D eigenvalue weighted by atomic mass is 10.1. The second-order valence-electron chi connectivity index (χ2n) is 3.80. The van der Waals surface area contributed by atoms with Crippen molar-refractivity contribution in [3.63, 3.8) is 0 Å². The van der Waals surface area contributed by atoms with Crippen LogP contribution in [0.3, 0.4) is 0 Å². The minimum atomic E-state index is -0.0607. The Balaban J connectivity index is 2.16. The van der Waals surface area contributed by atoms with Gasteiger partial charge >= 0.3 is 0 Å². The predicted molar refractivity (Wildman–Crippen MR) is 79.1 cm³/mol. The van der Waals surface area contributed by atoms with Gasteiger partial charge in [0.05, 0.1) is 12.6 Å². The Bertz CT molecular complexity index is 473. The lowest BCUT2D eigenvalue weighted by Crippen LogP contribution is -2.14. The SMILES string of the molecule is OCC(Nc1cccc(I)c1)c1ccccc1. The van der Waals surface area contributed by atoms with Crippen LogP contribution in [-0.4, -0.2) is 11.7 Å². The van der Waals surface area contributed by atoms with Crippen molar-refractivity contribution < 1.29 is 5.11 Å². The van der Waals surface area contributed by atoms with Crippen LogP contribution in [0, 0.1) is 3.57 Å². The van der Waals surface area contributed by atoms with Gasteiger partial charge in [-0.3, -0.25) is 0 Å². The molecule has 2 aromatic rings. The fraction of sp³-hybridized carbons (Fsp3) is 0.143. The summed E-state index contributed by atoms with van der Waals surface area (Å²) in [5.74, 6) is 0. The second kappa shape index (κ2) is 6.02. The van der Waals surface area contributed by atoms with Crippen molar-refractivity contribution in [3.05, 3.63) is 63.7 Å². The van der Waals surface area contributed by atoms with Crippen molar-refractivity contribution in [2.45, 2.75) is 6.04 Å². The van der Waals surface area contributed by atoms with Gasteiger partial charge in [0.1, 0.15) is 0 Å². The molecule has 0 aliphatic carbocycles. The molecular weight excluding hydrogens is 325 g/mol. The van der Waals surface area contributed by atoms with Crippen molar-refractivity contribution in [2.75, 3.05) is 11.9 Å². The quantitative estimate of drug-likeness (QED) is 0.837. The Kier molecular flexibility index (Phi) is 4.39. The number of aliphatic hydroxyl groups excluding tert-OH is 1. The second-order valence-corrected chi connectivity index (χ2v) is 5.05. The molecule has 0 bridgehead atoms. The van der Waals surface area contributed by atoms with Gasteiger partial charge in [0.15, 0.2) is 0 Å². The Morgan fingerprint density at radius 1 is 1.06 bits per heavy atom. The molecule has 17 heavy (non-hydrogen) atoms. The third-order valence-corrected chi connectivity index (χ3v) is 3.22. The number of benzene rings is 2. The van der Waals surface area contributed by atoms with Crippen LogP contribution >= 0.6 is 22.6 Å². The van der Waals surface area contributed by atoms with E-state index in [4.69, 9.17) is 0 Å². The fourth-order valence-electron chi connectivity index (χ4n) is 1.70. The van der Waals surface area contributed by atoms with Gasteiger partial charge in [-0.25, -0.2) is 0 Å². The molecule has 3 heteroatoms. The van der Waals surface area contributed by atoms with E-state index in [1.807, 2.05) is 48.5 Å². The molecule has 0 aliphatic heterocycles. The first-order chi connectivity index (χ1) is 8.29. The Morgan fingerprint density at radius 2 is 1.82 bits per heavy atom. The minimum absolute atomic E-state index is 0.0607. The van der Waals surface area contributed by atoms with Crippen LogP contribution in [0.5, 0.6) is 0 Å². The van der Waals surface area contributed by atoms with Crippen LogP contribution in [0.25, 0.3) is 0 Å². The molecule has 0 saturated carbocycles. The van der Waals surface area contributed by atoms with Gasteiger partial charge in [0.25, 0.3) is 0 Å². The van der Waals surface area contributed by atoms with Gasteiger partial charge < -0.3 is 10.4 Å². The zero-order valence-corrected chi connectivity index (χ0v) is 11.5. The molecule has 88 valence electrons. The summed E-state index contributed by atoms with van der Waals surface area (Å²) in [6, 6.07) is 18.0. The molecule has 2 N–H and O–H groups in total. The molecular formula is C14H14INO. The average Bonchev–Trinajstić information content (AvgIpc) is 2.37. The molecule has 0 fully saturated rings. The van der Waals surface area contributed by atoms with Gasteiger partial charge in [0.2, 0.25) is 0 Å². The smallest absolute Gasteiger partial charge is 0.0745 e. The maximum Gasteiger partial charge on any atom is 0.0745 e. The highest BCUT2D eigenvalue weighted by Crippen LogP contribution is 2.20. The molecule has 1 unspecified atom stereocenters. The van der Waals surface area contributed by atoms with Crippen LogP contribution < -0.4 is 5.32 Å². The van der Waals surface area contributed by atoms with Gasteiger partial charge in [-0.2, -0.15) is 0 Å². The Morgan fingerprint density at radius 3 is 2.47 bits per heavy atom. The first kappa shape index (κ1) is 12.4. The highest BCUT2D eigenvalue weighted by molar-refractivity contribution is 14.1. The molecule has 2 aromatic carbocycles. The largest absolute Gasteiger partial charge is 0.394 e. The summed E-state index contributed by atoms with van der Waals surface area (Å²) in [6.07, 6.45) is 0. The molecule has 2 nitrogen and oxygen atoms in total. The third-order valence-electron chi connectivity index (χ3n) is 2.55. The standard InChI is InChI=1S/C14H14INO/c15-12-7-4-8-13(9-12)16-14(10-17)11-5-2-1-3-6-11/h1-9,14,16-17H,10H2. The zero-order valence-electron chi connectivity index (χ0n) is 9.31. The zero-order chi connectivity index (χ0) is 12.1. The molecule has 0 amide bonds. The van der Waals surface area contributed by atoms with Crippen LogP contribution in [0.1, 0.15) is 11.6 Å². The maximum atomic E-state index is 9.45. The molecule has 2 rings (SSSR count). The summed E-state index contributed by atoms with van der Waals surface area (Å²) in [5, 5.41) is 12.8. The number of halogens is 1. The number of aliphatic hydroxyl groups is 1. The summed E-state index contributed by atoms with van der Waals surface area (Å²) in [4.78, 5) is 0.